The molecule has 0 radical (unpaired) electrons. The molecular weight excluding hydrogens is 463 g/mol. The largest absolute Gasteiger partial charge is 0.378 e. The predicted molar refractivity (Wildman–Crippen MR) is 131 cm³/mol. The van der Waals surface area contributed by atoms with Crippen LogP contribution >= 0.6 is 0 Å². The number of nitrogens with zero attached hydrogens (tertiary/aromatic N) is 7. The standard InChI is InChI=1S/C25H25FN8O2/c26-18-4-2-1-3-16(18)11-22(35)33-6-5-21-20(14-33)31-24-23(32-7-9-36-10-8-32)30-19(15-34(21)24)17-12-28-25(27)29-13-17/h1-4,12-13,15H,5-11,14H2,(H2,27,28,29). The topological polar surface area (TPSA) is 115 Å². The van der Waals surface area contributed by atoms with Crippen molar-refractivity contribution in [1.29, 1.82) is 0 Å². The van der Waals surface area contributed by atoms with Crippen LogP contribution in [0.3, 0.4) is 0 Å². The number of imidazole rings is 1. The molecule has 0 bridgehead atoms. The van der Waals surface area contributed by atoms with Gasteiger partial charge in [0.1, 0.15) is 5.82 Å². The van der Waals surface area contributed by atoms with E-state index in [9.17, 15) is 9.18 Å². The Kier molecular flexibility index (Phi) is 5.68. The highest BCUT2D eigenvalue weighted by Crippen LogP contribution is 2.30. The zero-order valence-electron chi connectivity index (χ0n) is 19.6. The van der Waals surface area contributed by atoms with E-state index < -0.39 is 0 Å². The molecule has 4 aromatic rings. The van der Waals surface area contributed by atoms with E-state index in [0.717, 1.165) is 28.4 Å². The van der Waals surface area contributed by atoms with Gasteiger partial charge in [0.15, 0.2) is 11.5 Å². The number of ether oxygens (including phenoxy) is 1. The minimum Gasteiger partial charge on any atom is -0.378 e. The van der Waals surface area contributed by atoms with Gasteiger partial charge in [-0.3, -0.25) is 9.20 Å². The highest BCUT2D eigenvalue weighted by Gasteiger charge is 2.28. The lowest BCUT2D eigenvalue weighted by atomic mass is 10.1. The molecule has 5 heterocycles. The lowest BCUT2D eigenvalue weighted by Crippen LogP contribution is -2.37. The van der Waals surface area contributed by atoms with Crippen LogP contribution in [-0.4, -0.2) is 68.0 Å². The van der Waals surface area contributed by atoms with Crippen molar-refractivity contribution in [2.45, 2.75) is 19.4 Å². The van der Waals surface area contributed by atoms with Crippen molar-refractivity contribution in [3.63, 3.8) is 0 Å². The fourth-order valence-electron chi connectivity index (χ4n) is 4.74. The van der Waals surface area contributed by atoms with Crippen LogP contribution in [-0.2, 0) is 28.9 Å². The van der Waals surface area contributed by atoms with Crippen LogP contribution in [0.4, 0.5) is 16.2 Å². The van der Waals surface area contributed by atoms with Crippen LogP contribution < -0.4 is 10.6 Å². The summed E-state index contributed by atoms with van der Waals surface area (Å²) < 4.78 is 21.7. The summed E-state index contributed by atoms with van der Waals surface area (Å²) >= 11 is 0. The van der Waals surface area contributed by atoms with Crippen LogP contribution in [0.1, 0.15) is 17.0 Å². The number of nitrogens with two attached hydrogens (primary N) is 1. The minimum absolute atomic E-state index is 0.0250. The number of carbonyl (C=O) groups excluding carboxylic acids is 1. The Bertz CT molecular complexity index is 1430. The summed E-state index contributed by atoms with van der Waals surface area (Å²) in [5, 5.41) is 0. The molecule has 2 N–H and O–H groups in total. The van der Waals surface area contributed by atoms with Gasteiger partial charge >= 0.3 is 0 Å². The summed E-state index contributed by atoms with van der Waals surface area (Å²) in [6, 6.07) is 6.39. The molecule has 184 valence electrons. The van der Waals surface area contributed by atoms with E-state index in [1.807, 2.05) is 6.20 Å². The van der Waals surface area contributed by atoms with Gasteiger partial charge in [0.05, 0.1) is 37.6 Å². The first-order valence-electron chi connectivity index (χ1n) is 11.9. The predicted octanol–water partition coefficient (Wildman–Crippen LogP) is 1.87. The van der Waals surface area contributed by atoms with Gasteiger partial charge in [-0.25, -0.2) is 24.3 Å². The summed E-state index contributed by atoms with van der Waals surface area (Å²) in [4.78, 5) is 35.0. The lowest BCUT2D eigenvalue weighted by molar-refractivity contribution is -0.131. The molecule has 0 spiro atoms. The third-order valence-electron chi connectivity index (χ3n) is 6.66. The van der Waals surface area contributed by atoms with E-state index in [2.05, 4.69) is 19.3 Å². The van der Waals surface area contributed by atoms with E-state index in [1.54, 1.807) is 35.5 Å². The van der Waals surface area contributed by atoms with Crippen molar-refractivity contribution < 1.29 is 13.9 Å². The number of amides is 1. The average Bonchev–Trinajstić information content (AvgIpc) is 3.28. The first-order valence-corrected chi connectivity index (χ1v) is 11.9. The molecule has 2 aliphatic rings. The van der Waals surface area contributed by atoms with E-state index >= 15 is 0 Å². The van der Waals surface area contributed by atoms with E-state index in [4.69, 9.17) is 20.4 Å². The molecule has 0 unspecified atom stereocenters. The molecule has 1 fully saturated rings. The van der Waals surface area contributed by atoms with Gasteiger partial charge in [-0.1, -0.05) is 18.2 Å². The smallest absolute Gasteiger partial charge is 0.227 e. The Balaban J connectivity index is 1.37. The molecule has 3 aromatic heterocycles. The summed E-state index contributed by atoms with van der Waals surface area (Å²) in [5.41, 5.74) is 10.1. The fourth-order valence-corrected chi connectivity index (χ4v) is 4.74. The zero-order valence-corrected chi connectivity index (χ0v) is 19.6. The summed E-state index contributed by atoms with van der Waals surface area (Å²) in [5.74, 6) is 0.477. The molecule has 2 aliphatic heterocycles. The van der Waals surface area contributed by atoms with Gasteiger partial charge < -0.3 is 20.3 Å². The number of morpholine rings is 1. The molecule has 1 amide bonds. The minimum atomic E-state index is -0.364. The van der Waals surface area contributed by atoms with Gasteiger partial charge in [-0.2, -0.15) is 0 Å². The number of aromatic nitrogens is 5. The Morgan fingerprint density at radius 1 is 1.08 bits per heavy atom. The molecule has 0 aliphatic carbocycles. The monoisotopic (exact) mass is 488 g/mol. The number of nitrogen functional groups attached to an aromatic ring is 1. The molecule has 36 heavy (non-hydrogen) atoms. The van der Waals surface area contributed by atoms with Gasteiger partial charge in [0, 0.05) is 55.9 Å². The maximum absolute atomic E-state index is 14.1. The highest BCUT2D eigenvalue weighted by molar-refractivity contribution is 5.79. The Hall–Kier alpha value is -4.12. The maximum atomic E-state index is 14.1. The molecule has 1 aromatic carbocycles. The second kappa shape index (κ2) is 9.15. The van der Waals surface area contributed by atoms with Crippen LogP contribution in [0.25, 0.3) is 16.9 Å². The molecule has 0 saturated carbocycles. The molecule has 11 heteroatoms. The Morgan fingerprint density at radius 3 is 2.64 bits per heavy atom. The zero-order chi connectivity index (χ0) is 24.6. The summed E-state index contributed by atoms with van der Waals surface area (Å²) in [6.07, 6.45) is 5.91. The van der Waals surface area contributed by atoms with Crippen molar-refractivity contribution in [2.24, 2.45) is 0 Å². The van der Waals surface area contributed by atoms with E-state index in [0.29, 0.717) is 57.1 Å². The van der Waals surface area contributed by atoms with Crippen molar-refractivity contribution >= 4 is 23.3 Å². The van der Waals surface area contributed by atoms with Crippen LogP contribution in [0.2, 0.25) is 0 Å². The third-order valence-corrected chi connectivity index (χ3v) is 6.66. The van der Waals surface area contributed by atoms with Crippen molar-refractivity contribution in [3.8, 4) is 11.3 Å². The highest BCUT2D eigenvalue weighted by atomic mass is 19.1. The number of hydrogen-bond donors (Lipinski definition) is 1. The van der Waals surface area contributed by atoms with Crippen LogP contribution in [0.5, 0.6) is 0 Å². The number of halogens is 1. The van der Waals surface area contributed by atoms with Crippen molar-refractivity contribution in [1.82, 2.24) is 29.2 Å². The summed E-state index contributed by atoms with van der Waals surface area (Å²) in [7, 11) is 0. The number of hydrogen-bond acceptors (Lipinski definition) is 8. The quantitative estimate of drug-likeness (QED) is 0.463. The Morgan fingerprint density at radius 2 is 1.86 bits per heavy atom. The maximum Gasteiger partial charge on any atom is 0.227 e. The lowest BCUT2D eigenvalue weighted by Gasteiger charge is -2.28. The summed E-state index contributed by atoms with van der Waals surface area (Å²) in [6.45, 7) is 3.53. The fraction of sp³-hybridized carbons (Fsp3) is 0.320. The molecule has 1 saturated heterocycles. The second-order valence-electron chi connectivity index (χ2n) is 8.91. The first-order chi connectivity index (χ1) is 17.6. The van der Waals surface area contributed by atoms with Gasteiger partial charge in [0.25, 0.3) is 0 Å². The Labute approximate surface area is 206 Å². The molecule has 0 atom stereocenters. The van der Waals surface area contributed by atoms with Gasteiger partial charge in [0.2, 0.25) is 11.9 Å². The third kappa shape index (κ3) is 4.11. The normalized spacial score (nSPS) is 15.8. The van der Waals surface area contributed by atoms with Gasteiger partial charge in [-0.15, -0.1) is 0 Å². The van der Waals surface area contributed by atoms with Crippen molar-refractivity contribution in [2.75, 3.05) is 43.5 Å². The van der Waals surface area contributed by atoms with Gasteiger partial charge in [-0.05, 0) is 11.6 Å². The first kappa shape index (κ1) is 22.4. The molecular formula is C25H25FN8O2. The number of benzene rings is 1. The van der Waals surface area contributed by atoms with E-state index in [1.165, 1.54) is 6.07 Å². The SMILES string of the molecule is Nc1ncc(-c2cn3c4c(nc3c(N3CCOCC3)n2)CN(C(=O)Cc2ccccc2F)CC4)cn1. The van der Waals surface area contributed by atoms with Crippen LogP contribution in [0, 0.1) is 5.82 Å². The number of anilines is 2. The van der Waals surface area contributed by atoms with E-state index in [-0.39, 0.29) is 24.1 Å². The molecule has 10 nitrogen and oxygen atoms in total. The number of carbonyl (C=O) groups is 1. The number of rotatable bonds is 4. The van der Waals surface area contributed by atoms with Crippen LogP contribution in [0.15, 0.2) is 42.9 Å². The molecule has 6 rings (SSSR count). The average molecular weight is 489 g/mol. The number of fused-ring (bicyclic) bond motifs is 3. The second-order valence-corrected chi connectivity index (χ2v) is 8.91. The van der Waals surface area contributed by atoms with Crippen molar-refractivity contribution in [3.05, 3.63) is 65.6 Å².